The van der Waals surface area contributed by atoms with Crippen molar-refractivity contribution >= 4 is 40.5 Å². The number of aldehydes is 1. The Morgan fingerprint density at radius 3 is 2.24 bits per heavy atom. The Kier molecular flexibility index (Phi) is 10.6. The van der Waals surface area contributed by atoms with E-state index in [2.05, 4.69) is 5.32 Å². The number of benzene rings is 2. The van der Waals surface area contributed by atoms with Crippen molar-refractivity contribution in [2.24, 2.45) is 0 Å². The Labute approximate surface area is 201 Å². The summed E-state index contributed by atoms with van der Waals surface area (Å²) in [5.74, 6) is 0.956. The SMILES string of the molecule is COC(=C(OC)c1ccccc1OC)c1cc(OC)c(NC(=O)CCCC=O)cc1CS(=O)O. The first-order valence-corrected chi connectivity index (χ1v) is 11.7. The fraction of sp³-hybridized carbons (Fsp3) is 0.333. The average Bonchev–Trinajstić information content (AvgIpc) is 2.83. The number of hydrogen-bond donors (Lipinski definition) is 2. The van der Waals surface area contributed by atoms with Gasteiger partial charge in [0.05, 0.1) is 45.4 Å². The summed E-state index contributed by atoms with van der Waals surface area (Å²) in [7, 11) is 5.92. The molecule has 0 aliphatic rings. The molecule has 0 saturated heterocycles. The second kappa shape index (κ2) is 13.4. The summed E-state index contributed by atoms with van der Waals surface area (Å²) in [5, 5.41) is 2.74. The molecule has 1 atom stereocenters. The van der Waals surface area contributed by atoms with Gasteiger partial charge in [0, 0.05) is 18.4 Å². The second-order valence-electron chi connectivity index (χ2n) is 7.05. The summed E-state index contributed by atoms with van der Waals surface area (Å²) in [5.41, 5.74) is 1.82. The molecule has 184 valence electrons. The van der Waals surface area contributed by atoms with Crippen LogP contribution in [0.1, 0.15) is 36.0 Å². The maximum absolute atomic E-state index is 12.3. The number of amides is 1. The number of hydrogen-bond acceptors (Lipinski definition) is 7. The third kappa shape index (κ3) is 6.82. The van der Waals surface area contributed by atoms with Crippen LogP contribution in [-0.4, -0.2) is 49.4 Å². The smallest absolute Gasteiger partial charge is 0.224 e. The molecule has 0 aliphatic carbocycles. The number of ether oxygens (including phenoxy) is 4. The van der Waals surface area contributed by atoms with Crippen LogP contribution < -0.4 is 14.8 Å². The minimum Gasteiger partial charge on any atom is -0.496 e. The number of anilines is 1. The Bertz CT molecular complexity index is 1070. The maximum atomic E-state index is 12.3. The molecule has 1 amide bonds. The van der Waals surface area contributed by atoms with Crippen molar-refractivity contribution in [3.63, 3.8) is 0 Å². The van der Waals surface area contributed by atoms with Crippen LogP contribution in [0.25, 0.3) is 11.5 Å². The van der Waals surface area contributed by atoms with Crippen molar-refractivity contribution in [2.45, 2.75) is 25.0 Å². The van der Waals surface area contributed by atoms with Crippen LogP contribution in [0, 0.1) is 0 Å². The number of carbonyl (C=O) groups excluding carboxylic acids is 2. The molecule has 0 fully saturated rings. The van der Waals surface area contributed by atoms with E-state index in [0.29, 0.717) is 46.1 Å². The third-order valence-corrected chi connectivity index (χ3v) is 5.47. The highest BCUT2D eigenvalue weighted by Gasteiger charge is 2.23. The van der Waals surface area contributed by atoms with Gasteiger partial charge in [-0.15, -0.1) is 0 Å². The van der Waals surface area contributed by atoms with Gasteiger partial charge in [-0.3, -0.25) is 4.79 Å². The Morgan fingerprint density at radius 1 is 1.00 bits per heavy atom. The molecule has 34 heavy (non-hydrogen) atoms. The molecule has 2 aromatic carbocycles. The van der Waals surface area contributed by atoms with Crippen LogP contribution in [0.3, 0.4) is 0 Å². The van der Waals surface area contributed by atoms with Gasteiger partial charge in [-0.05, 0) is 36.2 Å². The molecule has 9 nitrogen and oxygen atoms in total. The summed E-state index contributed by atoms with van der Waals surface area (Å²) < 4.78 is 43.7. The standard InChI is InChI=1S/C24H29NO8S/c1-30-20-10-6-5-9-17(20)23(32-3)24(33-4)18-14-21(31-2)19(13-16(18)15-34(28)29)25-22(27)11-7-8-12-26/h5-6,9-10,12-14H,7-8,11,15H2,1-4H3,(H,25,27)(H,28,29). The normalized spacial score (nSPS) is 12.3. The van der Waals surface area contributed by atoms with Gasteiger partial charge < -0.3 is 33.6 Å². The quantitative estimate of drug-likeness (QED) is 0.143. The highest BCUT2D eigenvalue weighted by atomic mass is 32.2. The zero-order valence-corrected chi connectivity index (χ0v) is 20.4. The van der Waals surface area contributed by atoms with Crippen LogP contribution in [0.4, 0.5) is 5.69 Å². The van der Waals surface area contributed by atoms with Crippen LogP contribution in [0.5, 0.6) is 11.5 Å². The van der Waals surface area contributed by atoms with E-state index < -0.39 is 11.1 Å². The van der Waals surface area contributed by atoms with E-state index in [9.17, 15) is 18.4 Å². The van der Waals surface area contributed by atoms with Gasteiger partial charge in [0.1, 0.15) is 17.8 Å². The molecule has 2 rings (SSSR count). The summed E-state index contributed by atoms with van der Waals surface area (Å²) in [6.07, 6.45) is 1.60. The van der Waals surface area contributed by atoms with Crippen molar-refractivity contribution in [1.29, 1.82) is 0 Å². The van der Waals surface area contributed by atoms with Crippen molar-refractivity contribution < 1.29 is 37.3 Å². The van der Waals surface area contributed by atoms with Gasteiger partial charge in [0.15, 0.2) is 22.6 Å². The molecule has 2 N–H and O–H groups in total. The molecular formula is C24H29NO8S. The van der Waals surface area contributed by atoms with Crippen molar-refractivity contribution in [1.82, 2.24) is 0 Å². The Morgan fingerprint density at radius 2 is 1.65 bits per heavy atom. The zero-order valence-electron chi connectivity index (χ0n) is 19.6. The molecule has 0 aromatic heterocycles. The molecule has 1 unspecified atom stereocenters. The van der Waals surface area contributed by atoms with Gasteiger partial charge in [0.25, 0.3) is 0 Å². The fourth-order valence-corrected chi connectivity index (χ4v) is 3.90. The lowest BCUT2D eigenvalue weighted by molar-refractivity contribution is -0.116. The third-order valence-electron chi connectivity index (χ3n) is 4.91. The molecule has 0 radical (unpaired) electrons. The molecule has 10 heteroatoms. The summed E-state index contributed by atoms with van der Waals surface area (Å²) in [4.78, 5) is 22.8. The van der Waals surface area contributed by atoms with Gasteiger partial charge in [-0.25, -0.2) is 4.21 Å². The van der Waals surface area contributed by atoms with Gasteiger partial charge in [0.2, 0.25) is 5.91 Å². The van der Waals surface area contributed by atoms with E-state index in [1.54, 1.807) is 24.3 Å². The first-order valence-electron chi connectivity index (χ1n) is 10.4. The largest absolute Gasteiger partial charge is 0.496 e. The van der Waals surface area contributed by atoms with E-state index in [-0.39, 0.29) is 30.3 Å². The molecule has 0 saturated carbocycles. The van der Waals surface area contributed by atoms with Crippen molar-refractivity contribution in [3.8, 4) is 11.5 Å². The minimum absolute atomic E-state index is 0.149. The van der Waals surface area contributed by atoms with Crippen LogP contribution in [0.15, 0.2) is 36.4 Å². The van der Waals surface area contributed by atoms with Gasteiger partial charge >= 0.3 is 0 Å². The predicted molar refractivity (Wildman–Crippen MR) is 130 cm³/mol. The highest BCUT2D eigenvalue weighted by molar-refractivity contribution is 7.78. The number of carbonyl (C=O) groups is 2. The molecule has 0 bridgehead atoms. The van der Waals surface area contributed by atoms with E-state index in [4.69, 9.17) is 18.9 Å². The van der Waals surface area contributed by atoms with Crippen LogP contribution in [-0.2, 0) is 35.9 Å². The van der Waals surface area contributed by atoms with Gasteiger partial charge in [-0.2, -0.15) is 0 Å². The first-order chi connectivity index (χ1) is 16.4. The molecule has 0 spiro atoms. The minimum atomic E-state index is -2.18. The monoisotopic (exact) mass is 491 g/mol. The van der Waals surface area contributed by atoms with Gasteiger partial charge in [-0.1, -0.05) is 12.1 Å². The second-order valence-corrected chi connectivity index (χ2v) is 7.98. The van der Waals surface area contributed by atoms with Crippen LogP contribution in [0.2, 0.25) is 0 Å². The van der Waals surface area contributed by atoms with E-state index in [0.717, 1.165) is 6.29 Å². The molecular weight excluding hydrogens is 462 g/mol. The summed E-state index contributed by atoms with van der Waals surface area (Å²) >= 11 is -2.18. The highest BCUT2D eigenvalue weighted by Crippen LogP contribution is 2.38. The number of methoxy groups -OCH3 is 4. The van der Waals surface area contributed by atoms with Crippen molar-refractivity contribution in [3.05, 3.63) is 53.1 Å². The molecule has 0 heterocycles. The molecule has 0 aliphatic heterocycles. The first kappa shape index (κ1) is 26.9. The predicted octanol–water partition coefficient (Wildman–Crippen LogP) is 3.85. The van der Waals surface area contributed by atoms with E-state index >= 15 is 0 Å². The summed E-state index contributed by atoms with van der Waals surface area (Å²) in [6.45, 7) is 0. The van der Waals surface area contributed by atoms with E-state index in [1.807, 2.05) is 12.1 Å². The number of rotatable bonds is 13. The van der Waals surface area contributed by atoms with Crippen LogP contribution >= 0.6 is 0 Å². The lowest BCUT2D eigenvalue weighted by Crippen LogP contribution is -2.13. The molecule has 2 aromatic rings. The topological polar surface area (TPSA) is 120 Å². The maximum Gasteiger partial charge on any atom is 0.224 e. The number of unbranched alkanes of at least 4 members (excludes halogenated alkanes) is 1. The zero-order chi connectivity index (χ0) is 25.1. The average molecular weight is 492 g/mol. The fourth-order valence-electron chi connectivity index (χ4n) is 3.40. The number of para-hydroxylation sites is 1. The van der Waals surface area contributed by atoms with Crippen molar-refractivity contribution in [2.75, 3.05) is 33.8 Å². The lowest BCUT2D eigenvalue weighted by Gasteiger charge is -2.20. The number of nitrogens with one attached hydrogen (secondary N) is 1. The lowest BCUT2D eigenvalue weighted by atomic mass is 10.0. The van der Waals surface area contributed by atoms with E-state index in [1.165, 1.54) is 28.4 Å². The Balaban J connectivity index is 2.67. The summed E-state index contributed by atoms with van der Waals surface area (Å²) in [6, 6.07) is 10.4. The Hall–Kier alpha value is -3.37.